The van der Waals surface area contributed by atoms with Crippen LogP contribution in [0.15, 0.2) is 59.2 Å². The quantitative estimate of drug-likeness (QED) is 0.769. The Kier molecular flexibility index (Phi) is 3.35. The van der Waals surface area contributed by atoms with Gasteiger partial charge in [0.25, 0.3) is 5.91 Å². The molecule has 0 aliphatic heterocycles. The number of para-hydroxylation sites is 1. The lowest BCUT2D eigenvalue weighted by Crippen LogP contribution is -2.10. The molecule has 1 aromatic heterocycles. The summed E-state index contributed by atoms with van der Waals surface area (Å²) in [4.78, 5) is 23.9. The minimum atomic E-state index is -1.05. The molecule has 3 rings (SSSR count). The van der Waals surface area contributed by atoms with Crippen LogP contribution in [-0.2, 0) is 0 Å². The van der Waals surface area contributed by atoms with Gasteiger partial charge in [-0.2, -0.15) is 0 Å². The van der Waals surface area contributed by atoms with Crippen LogP contribution < -0.4 is 0 Å². The van der Waals surface area contributed by atoms with E-state index in [1.165, 1.54) is 10.8 Å². The summed E-state index contributed by atoms with van der Waals surface area (Å²) in [7, 11) is 0. The van der Waals surface area contributed by atoms with E-state index in [-0.39, 0.29) is 11.5 Å². The number of carbonyl (C=O) groups is 2. The Labute approximate surface area is 128 Å². The summed E-state index contributed by atoms with van der Waals surface area (Å²) in [5, 5.41) is 9.81. The standard InChI is InChI=1S/C16H10BrNO3/c17-11-5-3-4-10(8-11)15(19)18-9-13(16(20)21)12-6-1-2-7-14(12)18/h1-9H,(H,20,21). The summed E-state index contributed by atoms with van der Waals surface area (Å²) in [6.07, 6.45) is 1.37. The van der Waals surface area contributed by atoms with Gasteiger partial charge in [0, 0.05) is 21.6 Å². The highest BCUT2D eigenvalue weighted by Gasteiger charge is 2.18. The number of hydrogen-bond donors (Lipinski definition) is 1. The molecule has 0 unspecified atom stereocenters. The number of hydrogen-bond acceptors (Lipinski definition) is 2. The third-order valence-electron chi connectivity index (χ3n) is 3.23. The molecule has 5 heteroatoms. The van der Waals surface area contributed by atoms with E-state index in [0.29, 0.717) is 16.5 Å². The molecule has 0 amide bonds. The molecule has 0 saturated heterocycles. The predicted octanol–water partition coefficient (Wildman–Crippen LogP) is 3.79. The Bertz CT molecular complexity index is 867. The van der Waals surface area contributed by atoms with Crippen molar-refractivity contribution in [1.82, 2.24) is 4.57 Å². The monoisotopic (exact) mass is 343 g/mol. The van der Waals surface area contributed by atoms with Gasteiger partial charge in [-0.05, 0) is 24.3 Å². The second kappa shape index (κ2) is 5.18. The molecule has 0 atom stereocenters. The highest BCUT2D eigenvalue weighted by Crippen LogP contribution is 2.23. The predicted molar refractivity (Wildman–Crippen MR) is 82.8 cm³/mol. The SMILES string of the molecule is O=C(O)c1cn(C(=O)c2cccc(Br)c2)c2ccccc12. The number of halogens is 1. The maximum Gasteiger partial charge on any atom is 0.337 e. The molecule has 21 heavy (non-hydrogen) atoms. The first-order valence-corrected chi connectivity index (χ1v) is 7.01. The summed E-state index contributed by atoms with van der Waals surface area (Å²) in [6, 6.07) is 14.0. The summed E-state index contributed by atoms with van der Waals surface area (Å²) in [6.45, 7) is 0. The van der Waals surface area contributed by atoms with Crippen molar-refractivity contribution in [2.75, 3.05) is 0 Å². The van der Waals surface area contributed by atoms with E-state index in [1.54, 1.807) is 42.5 Å². The lowest BCUT2D eigenvalue weighted by molar-refractivity contribution is 0.0699. The number of carbonyl (C=O) groups excluding carboxylic acids is 1. The minimum absolute atomic E-state index is 0.119. The van der Waals surface area contributed by atoms with Crippen molar-refractivity contribution in [3.8, 4) is 0 Å². The van der Waals surface area contributed by atoms with E-state index >= 15 is 0 Å². The van der Waals surface area contributed by atoms with Gasteiger partial charge >= 0.3 is 5.97 Å². The smallest absolute Gasteiger partial charge is 0.337 e. The van der Waals surface area contributed by atoms with E-state index in [9.17, 15) is 14.7 Å². The van der Waals surface area contributed by atoms with Crippen LogP contribution in [0.3, 0.4) is 0 Å². The van der Waals surface area contributed by atoms with Gasteiger partial charge in [0.2, 0.25) is 0 Å². The van der Waals surface area contributed by atoms with Crippen molar-refractivity contribution >= 4 is 38.7 Å². The van der Waals surface area contributed by atoms with Crippen molar-refractivity contribution in [2.24, 2.45) is 0 Å². The molecule has 0 aliphatic carbocycles. The van der Waals surface area contributed by atoms with E-state index < -0.39 is 5.97 Å². The fraction of sp³-hybridized carbons (Fsp3) is 0. The highest BCUT2D eigenvalue weighted by atomic mass is 79.9. The normalized spacial score (nSPS) is 10.7. The van der Waals surface area contributed by atoms with Crippen LogP contribution in [0.4, 0.5) is 0 Å². The van der Waals surface area contributed by atoms with Gasteiger partial charge in [0.05, 0.1) is 11.1 Å². The van der Waals surface area contributed by atoms with Crippen LogP contribution in [0.2, 0.25) is 0 Å². The average Bonchev–Trinajstić information content (AvgIpc) is 2.86. The molecular weight excluding hydrogens is 334 g/mol. The summed E-state index contributed by atoms with van der Waals surface area (Å²) in [5.74, 6) is -1.31. The average molecular weight is 344 g/mol. The number of benzene rings is 2. The number of aromatic carboxylic acids is 1. The van der Waals surface area contributed by atoms with Crippen LogP contribution in [0.5, 0.6) is 0 Å². The van der Waals surface area contributed by atoms with Crippen molar-refractivity contribution < 1.29 is 14.7 Å². The summed E-state index contributed by atoms with van der Waals surface area (Å²) in [5.41, 5.74) is 1.19. The lowest BCUT2D eigenvalue weighted by Gasteiger charge is -2.04. The van der Waals surface area contributed by atoms with Crippen LogP contribution in [0.25, 0.3) is 10.9 Å². The highest BCUT2D eigenvalue weighted by molar-refractivity contribution is 9.10. The van der Waals surface area contributed by atoms with Gasteiger partial charge in [0.15, 0.2) is 0 Å². The summed E-state index contributed by atoms with van der Waals surface area (Å²) >= 11 is 3.33. The maximum absolute atomic E-state index is 12.6. The number of rotatable bonds is 2. The van der Waals surface area contributed by atoms with E-state index in [4.69, 9.17) is 0 Å². The first kappa shape index (κ1) is 13.6. The van der Waals surface area contributed by atoms with Gasteiger partial charge in [-0.15, -0.1) is 0 Å². The zero-order chi connectivity index (χ0) is 15.0. The van der Waals surface area contributed by atoms with Crippen molar-refractivity contribution in [2.45, 2.75) is 0 Å². The van der Waals surface area contributed by atoms with Crippen molar-refractivity contribution in [3.05, 3.63) is 70.3 Å². The molecular formula is C16H10BrNO3. The molecule has 0 aliphatic rings. The maximum atomic E-state index is 12.6. The lowest BCUT2D eigenvalue weighted by atomic mass is 10.2. The number of aromatic nitrogens is 1. The topological polar surface area (TPSA) is 59.3 Å². The fourth-order valence-electron chi connectivity index (χ4n) is 2.28. The third-order valence-corrected chi connectivity index (χ3v) is 3.73. The van der Waals surface area contributed by atoms with Crippen LogP contribution >= 0.6 is 15.9 Å². The second-order valence-corrected chi connectivity index (χ2v) is 5.47. The molecule has 0 saturated carbocycles. The Balaban J connectivity index is 2.21. The van der Waals surface area contributed by atoms with E-state index in [1.807, 2.05) is 6.07 Å². The van der Waals surface area contributed by atoms with E-state index in [0.717, 1.165) is 4.47 Å². The summed E-state index contributed by atoms with van der Waals surface area (Å²) < 4.78 is 2.17. The Hall–Kier alpha value is -2.40. The van der Waals surface area contributed by atoms with Gasteiger partial charge in [-0.1, -0.05) is 40.2 Å². The molecule has 0 bridgehead atoms. The second-order valence-electron chi connectivity index (χ2n) is 4.55. The molecule has 0 spiro atoms. The number of carboxylic acids is 1. The Morgan fingerprint density at radius 2 is 1.81 bits per heavy atom. The number of fused-ring (bicyclic) bond motifs is 1. The van der Waals surface area contributed by atoms with E-state index in [2.05, 4.69) is 15.9 Å². The van der Waals surface area contributed by atoms with Crippen LogP contribution in [0, 0.1) is 0 Å². The third kappa shape index (κ3) is 2.36. The van der Waals surface area contributed by atoms with Gasteiger partial charge in [-0.25, -0.2) is 4.79 Å². The molecule has 104 valence electrons. The Morgan fingerprint density at radius 3 is 2.52 bits per heavy atom. The molecule has 1 heterocycles. The van der Waals surface area contributed by atoms with Crippen LogP contribution in [0.1, 0.15) is 20.7 Å². The first-order chi connectivity index (χ1) is 10.1. The first-order valence-electron chi connectivity index (χ1n) is 6.21. The fourth-order valence-corrected chi connectivity index (χ4v) is 2.68. The van der Waals surface area contributed by atoms with Gasteiger partial charge in [0.1, 0.15) is 0 Å². The molecule has 3 aromatic rings. The molecule has 2 aromatic carbocycles. The molecule has 0 fully saturated rings. The van der Waals surface area contributed by atoms with Crippen molar-refractivity contribution in [1.29, 1.82) is 0 Å². The zero-order valence-corrected chi connectivity index (χ0v) is 12.4. The Morgan fingerprint density at radius 1 is 1.05 bits per heavy atom. The number of nitrogens with zero attached hydrogens (tertiary/aromatic N) is 1. The van der Waals surface area contributed by atoms with Gasteiger partial charge < -0.3 is 5.11 Å². The zero-order valence-electron chi connectivity index (χ0n) is 10.8. The van der Waals surface area contributed by atoms with Crippen LogP contribution in [-0.4, -0.2) is 21.6 Å². The largest absolute Gasteiger partial charge is 0.478 e. The molecule has 4 nitrogen and oxygen atoms in total. The minimum Gasteiger partial charge on any atom is -0.478 e. The molecule has 0 radical (unpaired) electrons. The molecule has 1 N–H and O–H groups in total. The van der Waals surface area contributed by atoms with Crippen molar-refractivity contribution in [3.63, 3.8) is 0 Å². The number of carboxylic acid groups (broad SMARTS) is 1. The van der Waals surface area contributed by atoms with Gasteiger partial charge in [-0.3, -0.25) is 9.36 Å².